The molecular weight excluding hydrogens is 230 g/mol. The zero-order valence-corrected chi connectivity index (χ0v) is 10.6. The highest BCUT2D eigenvalue weighted by molar-refractivity contribution is 5.73. The normalized spacial score (nSPS) is 9.94. The Labute approximate surface area is 106 Å². The predicted molar refractivity (Wildman–Crippen MR) is 68.2 cm³/mol. The molecule has 0 saturated carbocycles. The first-order valence-electron chi connectivity index (χ1n) is 5.42. The van der Waals surface area contributed by atoms with Crippen molar-refractivity contribution >= 4 is 0 Å². The Morgan fingerprint density at radius 1 is 1.00 bits per heavy atom. The summed E-state index contributed by atoms with van der Waals surface area (Å²) in [6.07, 6.45) is 1.60. The number of hydrogen-bond acceptors (Lipinski definition) is 4. The molecule has 0 spiro atoms. The molecule has 0 aliphatic heterocycles. The molecule has 0 amide bonds. The maximum atomic E-state index is 5.36. The highest BCUT2D eigenvalue weighted by Gasteiger charge is 2.12. The minimum absolute atomic E-state index is 0.654. The average Bonchev–Trinajstić information content (AvgIpc) is 2.46. The topological polar surface area (TPSA) is 40.6 Å². The lowest BCUT2D eigenvalue weighted by Crippen LogP contribution is -1.94. The van der Waals surface area contributed by atoms with E-state index in [9.17, 15) is 0 Å². The van der Waals surface area contributed by atoms with Crippen LogP contribution in [0.2, 0.25) is 0 Å². The summed E-state index contributed by atoms with van der Waals surface area (Å²) in [5.41, 5.74) is 1.57. The van der Waals surface area contributed by atoms with Gasteiger partial charge in [-0.1, -0.05) is 0 Å². The van der Waals surface area contributed by atoms with Crippen LogP contribution in [-0.2, 0) is 0 Å². The number of nitrogens with zero attached hydrogens (tertiary/aromatic N) is 1. The predicted octanol–water partition coefficient (Wildman–Crippen LogP) is 2.57. The van der Waals surface area contributed by atoms with Crippen LogP contribution in [0.3, 0.4) is 0 Å². The van der Waals surface area contributed by atoms with Gasteiger partial charge in [0.1, 0.15) is 22.9 Å². The van der Waals surface area contributed by atoms with Gasteiger partial charge in [0.05, 0.1) is 21.3 Å². The van der Waals surface area contributed by atoms with Crippen molar-refractivity contribution in [2.45, 2.75) is 0 Å². The maximum absolute atomic E-state index is 5.36. The molecule has 0 N–H and O–H groups in total. The molecule has 0 unspecified atom stereocenters. The van der Waals surface area contributed by atoms with Gasteiger partial charge in [-0.05, 0) is 18.2 Å². The van der Waals surface area contributed by atoms with E-state index in [0.717, 1.165) is 17.0 Å². The van der Waals surface area contributed by atoms with Crippen LogP contribution in [0.4, 0.5) is 0 Å². The zero-order chi connectivity index (χ0) is 13.0. The van der Waals surface area contributed by atoms with Gasteiger partial charge in [-0.25, -0.2) is 0 Å². The lowest BCUT2D eigenvalue weighted by Gasteiger charge is -2.12. The molecule has 2 rings (SSSR count). The molecule has 2 aromatic rings. The van der Waals surface area contributed by atoms with Gasteiger partial charge < -0.3 is 14.2 Å². The van der Waals surface area contributed by atoms with Crippen molar-refractivity contribution in [3.8, 4) is 28.5 Å². The van der Waals surface area contributed by atoms with Crippen LogP contribution in [-0.4, -0.2) is 26.3 Å². The van der Waals surface area contributed by atoms with Crippen LogP contribution in [0.15, 0.2) is 30.5 Å². The fourth-order valence-electron chi connectivity index (χ4n) is 1.70. The fourth-order valence-corrected chi connectivity index (χ4v) is 1.70. The molecule has 1 aromatic carbocycles. The highest BCUT2D eigenvalue weighted by atomic mass is 16.5. The molecule has 0 fully saturated rings. The number of aromatic nitrogens is 1. The maximum Gasteiger partial charge on any atom is 0.145 e. The highest BCUT2D eigenvalue weighted by Crippen LogP contribution is 2.36. The molecule has 4 nitrogen and oxygen atoms in total. The smallest absolute Gasteiger partial charge is 0.145 e. The van der Waals surface area contributed by atoms with E-state index in [0.29, 0.717) is 11.5 Å². The molecule has 4 heteroatoms. The van der Waals surface area contributed by atoms with Gasteiger partial charge >= 0.3 is 0 Å². The second-order valence-electron chi connectivity index (χ2n) is 3.55. The molecule has 0 aliphatic carbocycles. The van der Waals surface area contributed by atoms with Crippen LogP contribution >= 0.6 is 0 Å². The summed E-state index contributed by atoms with van der Waals surface area (Å²) in [6.45, 7) is 0. The van der Waals surface area contributed by atoms with Crippen molar-refractivity contribution in [3.63, 3.8) is 0 Å². The second kappa shape index (κ2) is 5.40. The van der Waals surface area contributed by atoms with Crippen molar-refractivity contribution in [1.82, 2.24) is 4.98 Å². The minimum atomic E-state index is 0.654. The van der Waals surface area contributed by atoms with E-state index in [2.05, 4.69) is 11.1 Å². The van der Waals surface area contributed by atoms with Crippen LogP contribution in [0.25, 0.3) is 11.3 Å². The number of benzene rings is 1. The van der Waals surface area contributed by atoms with Gasteiger partial charge in [0.15, 0.2) is 0 Å². The van der Waals surface area contributed by atoms with Crippen molar-refractivity contribution in [3.05, 3.63) is 36.5 Å². The van der Waals surface area contributed by atoms with Crippen LogP contribution in [0, 0.1) is 6.07 Å². The second-order valence-corrected chi connectivity index (χ2v) is 3.55. The van der Waals surface area contributed by atoms with Gasteiger partial charge in [0.2, 0.25) is 0 Å². The van der Waals surface area contributed by atoms with Gasteiger partial charge in [0.25, 0.3) is 0 Å². The van der Waals surface area contributed by atoms with Gasteiger partial charge in [-0.2, -0.15) is 0 Å². The Balaban J connectivity index is 2.56. The van der Waals surface area contributed by atoms with E-state index in [4.69, 9.17) is 14.2 Å². The number of rotatable bonds is 4. The van der Waals surface area contributed by atoms with Crippen LogP contribution < -0.4 is 14.2 Å². The van der Waals surface area contributed by atoms with Gasteiger partial charge in [-0.15, -0.1) is 0 Å². The number of ether oxygens (including phenoxy) is 3. The Kier molecular flexibility index (Phi) is 3.67. The molecule has 1 radical (unpaired) electrons. The molecule has 1 aromatic heterocycles. The summed E-state index contributed by atoms with van der Waals surface area (Å²) >= 11 is 0. The SMILES string of the molecule is COc1ccc(-c2nc[c]cc2OC)c(OC)c1. The van der Waals surface area contributed by atoms with E-state index in [1.807, 2.05) is 18.2 Å². The Morgan fingerprint density at radius 2 is 1.78 bits per heavy atom. The van der Waals surface area contributed by atoms with E-state index in [-0.39, 0.29) is 0 Å². The number of hydrogen-bond donors (Lipinski definition) is 0. The van der Waals surface area contributed by atoms with Crippen molar-refractivity contribution in [1.29, 1.82) is 0 Å². The van der Waals surface area contributed by atoms with Crippen LogP contribution in [0.1, 0.15) is 0 Å². The summed E-state index contributed by atoms with van der Waals surface area (Å²) in [5.74, 6) is 2.07. The summed E-state index contributed by atoms with van der Waals surface area (Å²) < 4.78 is 15.8. The quantitative estimate of drug-likeness (QED) is 0.828. The largest absolute Gasteiger partial charge is 0.497 e. The molecule has 1 heterocycles. The summed E-state index contributed by atoms with van der Waals surface area (Å²) in [4.78, 5) is 4.28. The molecule has 0 saturated heterocycles. The van der Waals surface area contributed by atoms with Gasteiger partial charge in [0, 0.05) is 23.9 Å². The fraction of sp³-hybridized carbons (Fsp3) is 0.214. The third kappa shape index (κ3) is 2.22. The lowest BCUT2D eigenvalue weighted by atomic mass is 10.1. The van der Waals surface area contributed by atoms with E-state index >= 15 is 0 Å². The van der Waals surface area contributed by atoms with E-state index in [1.54, 1.807) is 33.6 Å². The number of methoxy groups -OCH3 is 3. The van der Waals surface area contributed by atoms with Crippen LogP contribution in [0.5, 0.6) is 17.2 Å². The average molecular weight is 244 g/mol. The molecule has 0 atom stereocenters. The molecular formula is C14H14NO3. The molecule has 18 heavy (non-hydrogen) atoms. The first-order valence-corrected chi connectivity index (χ1v) is 5.42. The van der Waals surface area contributed by atoms with E-state index < -0.39 is 0 Å². The lowest BCUT2D eigenvalue weighted by molar-refractivity contribution is 0.394. The Hall–Kier alpha value is -2.23. The first kappa shape index (κ1) is 12.2. The monoisotopic (exact) mass is 244 g/mol. The molecule has 93 valence electrons. The summed E-state index contributed by atoms with van der Waals surface area (Å²) in [7, 11) is 4.83. The Bertz CT molecular complexity index is 540. The third-order valence-corrected chi connectivity index (χ3v) is 2.60. The minimum Gasteiger partial charge on any atom is -0.497 e. The Morgan fingerprint density at radius 3 is 2.44 bits per heavy atom. The zero-order valence-electron chi connectivity index (χ0n) is 10.6. The van der Waals surface area contributed by atoms with Gasteiger partial charge in [-0.3, -0.25) is 4.98 Å². The standard InChI is InChI=1S/C14H14NO3/c1-16-10-6-7-11(13(9-10)18-3)14-12(17-2)5-4-8-15-14/h5-9H,1-3H3. The number of pyridine rings is 1. The van der Waals surface area contributed by atoms with Crippen molar-refractivity contribution < 1.29 is 14.2 Å². The third-order valence-electron chi connectivity index (χ3n) is 2.60. The van der Waals surface area contributed by atoms with Crippen molar-refractivity contribution in [2.24, 2.45) is 0 Å². The summed E-state index contributed by atoms with van der Waals surface area (Å²) in [6, 6.07) is 10.2. The summed E-state index contributed by atoms with van der Waals surface area (Å²) in [5, 5.41) is 0. The van der Waals surface area contributed by atoms with E-state index in [1.165, 1.54) is 0 Å². The van der Waals surface area contributed by atoms with Crippen molar-refractivity contribution in [2.75, 3.05) is 21.3 Å². The molecule has 0 aliphatic rings. The first-order chi connectivity index (χ1) is 8.80. The molecule has 0 bridgehead atoms.